The molecule has 2 N–H and O–H groups in total. The molecule has 0 atom stereocenters. The number of fused-ring (bicyclic) bond motifs is 1. The number of halogens is 2. The quantitative estimate of drug-likeness (QED) is 0.702. The lowest BCUT2D eigenvalue weighted by Crippen LogP contribution is -1.96. The summed E-state index contributed by atoms with van der Waals surface area (Å²) in [7, 11) is 0. The number of pyridine rings is 1. The van der Waals surface area contributed by atoms with Crippen molar-refractivity contribution in [2.24, 2.45) is 0 Å². The third-order valence-electron chi connectivity index (χ3n) is 3.21. The van der Waals surface area contributed by atoms with E-state index < -0.39 is 0 Å². The third-order valence-corrected chi connectivity index (χ3v) is 3.87. The van der Waals surface area contributed by atoms with Gasteiger partial charge >= 0.3 is 0 Å². The molecule has 0 spiro atoms. The highest BCUT2D eigenvalue weighted by Gasteiger charge is 2.09. The lowest BCUT2D eigenvalue weighted by molar-refractivity contribution is 0.628. The van der Waals surface area contributed by atoms with Gasteiger partial charge in [0.1, 0.15) is 11.6 Å². The van der Waals surface area contributed by atoms with E-state index in [9.17, 15) is 4.39 Å². The average molecular weight is 331 g/mol. The smallest absolute Gasteiger partial charge is 0.131 e. The molecule has 1 aromatic heterocycles. The summed E-state index contributed by atoms with van der Waals surface area (Å²) < 4.78 is 14.0. The molecule has 2 aromatic carbocycles. The lowest BCUT2D eigenvalue weighted by Gasteiger charge is -2.09. The van der Waals surface area contributed by atoms with E-state index in [0.717, 1.165) is 32.1 Å². The number of rotatable bonds is 1. The SMILES string of the molecule is Cc1cc(Br)c2cc(-c3ccc(F)cc3)c(N)nc2c1. The first kappa shape index (κ1) is 13.1. The van der Waals surface area contributed by atoms with Gasteiger partial charge in [-0.1, -0.05) is 28.1 Å². The normalized spacial score (nSPS) is 10.9. The van der Waals surface area contributed by atoms with Crippen molar-refractivity contribution in [3.05, 3.63) is 58.3 Å². The van der Waals surface area contributed by atoms with E-state index in [2.05, 4.69) is 20.9 Å². The fraction of sp³-hybridized carbons (Fsp3) is 0.0625. The van der Waals surface area contributed by atoms with Gasteiger partial charge in [-0.3, -0.25) is 0 Å². The monoisotopic (exact) mass is 330 g/mol. The molecule has 0 amide bonds. The van der Waals surface area contributed by atoms with Crippen LogP contribution in [-0.4, -0.2) is 4.98 Å². The van der Waals surface area contributed by atoms with Crippen molar-refractivity contribution in [2.45, 2.75) is 6.92 Å². The van der Waals surface area contributed by atoms with Crippen LogP contribution in [0.3, 0.4) is 0 Å². The largest absolute Gasteiger partial charge is 0.383 e. The van der Waals surface area contributed by atoms with Crippen LogP contribution in [0, 0.1) is 12.7 Å². The zero-order valence-corrected chi connectivity index (χ0v) is 12.4. The molecule has 3 rings (SSSR count). The lowest BCUT2D eigenvalue weighted by atomic mass is 10.0. The zero-order valence-electron chi connectivity index (χ0n) is 10.8. The fourth-order valence-electron chi connectivity index (χ4n) is 2.24. The van der Waals surface area contributed by atoms with E-state index in [1.807, 2.05) is 25.1 Å². The highest BCUT2D eigenvalue weighted by Crippen LogP contribution is 2.32. The maximum atomic E-state index is 13.0. The van der Waals surface area contributed by atoms with Crippen LogP contribution in [0.5, 0.6) is 0 Å². The predicted octanol–water partition coefficient (Wildman–Crippen LogP) is 4.69. The second-order valence-corrected chi connectivity index (χ2v) is 5.60. The minimum absolute atomic E-state index is 0.266. The molecule has 0 aliphatic heterocycles. The number of nitrogens with two attached hydrogens (primary N) is 1. The van der Waals surface area contributed by atoms with Gasteiger partial charge in [-0.2, -0.15) is 0 Å². The van der Waals surface area contributed by atoms with Crippen LogP contribution < -0.4 is 5.73 Å². The molecule has 4 heteroatoms. The van der Waals surface area contributed by atoms with Crippen molar-refractivity contribution < 1.29 is 4.39 Å². The van der Waals surface area contributed by atoms with Gasteiger partial charge in [0, 0.05) is 15.4 Å². The Bertz CT molecular complexity index is 798. The van der Waals surface area contributed by atoms with Crippen LogP contribution in [0.1, 0.15) is 5.56 Å². The molecule has 0 unspecified atom stereocenters. The summed E-state index contributed by atoms with van der Waals surface area (Å²) in [5.74, 6) is 0.180. The van der Waals surface area contributed by atoms with Crippen LogP contribution in [-0.2, 0) is 0 Å². The summed E-state index contributed by atoms with van der Waals surface area (Å²) in [6.07, 6.45) is 0. The van der Waals surface area contributed by atoms with Gasteiger partial charge in [0.05, 0.1) is 5.52 Å². The average Bonchev–Trinajstić information content (AvgIpc) is 2.39. The molecule has 3 aromatic rings. The minimum atomic E-state index is -0.266. The van der Waals surface area contributed by atoms with Gasteiger partial charge in [-0.05, 0) is 48.4 Å². The number of aryl methyl sites for hydroxylation is 1. The summed E-state index contributed by atoms with van der Waals surface area (Å²) >= 11 is 3.55. The number of nitrogen functional groups attached to an aromatic ring is 1. The van der Waals surface area contributed by atoms with E-state index in [1.54, 1.807) is 12.1 Å². The van der Waals surface area contributed by atoms with Crippen molar-refractivity contribution in [3.8, 4) is 11.1 Å². The van der Waals surface area contributed by atoms with Crippen LogP contribution in [0.4, 0.5) is 10.2 Å². The highest BCUT2D eigenvalue weighted by molar-refractivity contribution is 9.10. The second kappa shape index (κ2) is 4.87. The Hall–Kier alpha value is -1.94. The predicted molar refractivity (Wildman–Crippen MR) is 84.0 cm³/mol. The molecule has 0 saturated heterocycles. The van der Waals surface area contributed by atoms with Gasteiger partial charge in [0.15, 0.2) is 0 Å². The Kier molecular flexibility index (Phi) is 3.18. The maximum Gasteiger partial charge on any atom is 0.131 e. The van der Waals surface area contributed by atoms with Crippen LogP contribution in [0.25, 0.3) is 22.0 Å². The Morgan fingerprint density at radius 1 is 1.10 bits per heavy atom. The molecule has 0 saturated carbocycles. The number of hydrogen-bond acceptors (Lipinski definition) is 2. The van der Waals surface area contributed by atoms with Crippen molar-refractivity contribution in [2.75, 3.05) is 5.73 Å². The summed E-state index contributed by atoms with van der Waals surface area (Å²) in [6.45, 7) is 2.01. The molecule has 0 radical (unpaired) electrons. The number of benzene rings is 2. The van der Waals surface area contributed by atoms with Crippen molar-refractivity contribution in [1.29, 1.82) is 0 Å². The van der Waals surface area contributed by atoms with Gasteiger partial charge in [-0.15, -0.1) is 0 Å². The van der Waals surface area contributed by atoms with E-state index in [4.69, 9.17) is 5.73 Å². The van der Waals surface area contributed by atoms with Crippen molar-refractivity contribution in [1.82, 2.24) is 4.98 Å². The van der Waals surface area contributed by atoms with Crippen LogP contribution >= 0.6 is 15.9 Å². The standard InChI is InChI=1S/C16H12BrFN2/c1-9-6-14(17)13-8-12(16(19)20-15(13)7-9)10-2-4-11(18)5-3-10/h2-8H,1H3,(H2,19,20). The second-order valence-electron chi connectivity index (χ2n) is 4.74. The molecular weight excluding hydrogens is 319 g/mol. The number of nitrogens with zero attached hydrogens (tertiary/aromatic N) is 1. The number of hydrogen-bond donors (Lipinski definition) is 1. The van der Waals surface area contributed by atoms with Gasteiger partial charge in [0.2, 0.25) is 0 Å². The summed E-state index contributed by atoms with van der Waals surface area (Å²) in [5, 5.41) is 0.990. The van der Waals surface area contributed by atoms with E-state index in [-0.39, 0.29) is 5.82 Å². The topological polar surface area (TPSA) is 38.9 Å². The zero-order chi connectivity index (χ0) is 14.3. The highest BCUT2D eigenvalue weighted by atomic mass is 79.9. The van der Waals surface area contributed by atoms with E-state index >= 15 is 0 Å². The maximum absolute atomic E-state index is 13.0. The first-order valence-corrected chi connectivity index (χ1v) is 6.96. The van der Waals surface area contributed by atoms with Crippen molar-refractivity contribution >= 4 is 32.7 Å². The molecule has 20 heavy (non-hydrogen) atoms. The summed E-state index contributed by atoms with van der Waals surface area (Å²) in [5.41, 5.74) is 9.66. The Morgan fingerprint density at radius 3 is 2.50 bits per heavy atom. The minimum Gasteiger partial charge on any atom is -0.383 e. The Labute approximate surface area is 124 Å². The third kappa shape index (κ3) is 2.27. The Morgan fingerprint density at radius 2 is 1.80 bits per heavy atom. The molecule has 1 heterocycles. The van der Waals surface area contributed by atoms with Gasteiger partial charge in [0.25, 0.3) is 0 Å². The van der Waals surface area contributed by atoms with Gasteiger partial charge < -0.3 is 5.73 Å². The molecule has 0 bridgehead atoms. The summed E-state index contributed by atoms with van der Waals surface area (Å²) in [6, 6.07) is 12.3. The summed E-state index contributed by atoms with van der Waals surface area (Å²) in [4.78, 5) is 4.45. The molecule has 0 aliphatic rings. The van der Waals surface area contributed by atoms with Crippen LogP contribution in [0.2, 0.25) is 0 Å². The van der Waals surface area contributed by atoms with E-state index in [0.29, 0.717) is 5.82 Å². The fourth-order valence-corrected chi connectivity index (χ4v) is 2.92. The van der Waals surface area contributed by atoms with Gasteiger partial charge in [-0.25, -0.2) is 9.37 Å². The molecule has 100 valence electrons. The first-order chi connectivity index (χ1) is 9.54. The Balaban J connectivity index is 2.26. The number of aromatic nitrogens is 1. The van der Waals surface area contributed by atoms with Crippen LogP contribution in [0.15, 0.2) is 46.9 Å². The van der Waals surface area contributed by atoms with E-state index in [1.165, 1.54) is 12.1 Å². The van der Waals surface area contributed by atoms with Crippen molar-refractivity contribution in [3.63, 3.8) is 0 Å². The molecule has 0 aliphatic carbocycles. The number of anilines is 1. The first-order valence-electron chi connectivity index (χ1n) is 6.17. The molecule has 2 nitrogen and oxygen atoms in total. The molecular formula is C16H12BrFN2. The molecule has 0 fully saturated rings.